The number of halogens is 1. The lowest BCUT2D eigenvalue weighted by Crippen LogP contribution is -2.31. The van der Waals surface area contributed by atoms with Gasteiger partial charge in [0.2, 0.25) is 5.91 Å². The average molecular weight is 372 g/mol. The molecule has 128 valence electrons. The lowest BCUT2D eigenvalue weighted by Gasteiger charge is -2.10. The first-order valence-electron chi connectivity index (χ1n) is 7.98. The van der Waals surface area contributed by atoms with Crippen molar-refractivity contribution in [2.45, 2.75) is 24.9 Å². The standard InChI is InChI=1S/C19H18ClN3OS/c1-12(2)21-17(24)11-25-19-15-10-14(20)8-9-16(15)22-18(23-19)13-6-4-3-5-7-13/h3-10,12H,11H2,1-2H3,(H,21,24). The van der Waals surface area contributed by atoms with E-state index in [1.54, 1.807) is 0 Å². The average Bonchev–Trinajstić information content (AvgIpc) is 2.60. The first-order valence-corrected chi connectivity index (χ1v) is 9.34. The Morgan fingerprint density at radius 2 is 1.92 bits per heavy atom. The van der Waals surface area contributed by atoms with Crippen molar-refractivity contribution >= 4 is 40.2 Å². The summed E-state index contributed by atoms with van der Waals surface area (Å²) in [5, 5.41) is 5.12. The minimum atomic E-state index is -0.0185. The Labute approximate surface area is 156 Å². The van der Waals surface area contributed by atoms with Crippen molar-refractivity contribution in [3.63, 3.8) is 0 Å². The highest BCUT2D eigenvalue weighted by Gasteiger charge is 2.12. The molecule has 1 N–H and O–H groups in total. The maximum Gasteiger partial charge on any atom is 0.230 e. The molecule has 0 unspecified atom stereocenters. The fraction of sp³-hybridized carbons (Fsp3) is 0.211. The monoisotopic (exact) mass is 371 g/mol. The van der Waals surface area contributed by atoms with Gasteiger partial charge in [0.25, 0.3) is 0 Å². The van der Waals surface area contributed by atoms with Gasteiger partial charge in [-0.2, -0.15) is 0 Å². The molecule has 0 spiro atoms. The van der Waals surface area contributed by atoms with Gasteiger partial charge in [-0.15, -0.1) is 0 Å². The van der Waals surface area contributed by atoms with E-state index in [1.807, 2.05) is 62.4 Å². The van der Waals surface area contributed by atoms with Crippen molar-refractivity contribution < 1.29 is 4.79 Å². The molecule has 0 saturated heterocycles. The molecular formula is C19H18ClN3OS. The summed E-state index contributed by atoms with van der Waals surface area (Å²) in [5.74, 6) is 0.919. The molecule has 3 rings (SSSR count). The second kappa shape index (κ2) is 7.85. The number of carbonyl (C=O) groups excluding carboxylic acids is 1. The van der Waals surface area contributed by atoms with Crippen LogP contribution in [0.15, 0.2) is 53.6 Å². The first kappa shape index (κ1) is 17.7. The van der Waals surface area contributed by atoms with E-state index < -0.39 is 0 Å². The van der Waals surface area contributed by atoms with Gasteiger partial charge in [0, 0.05) is 22.0 Å². The molecule has 1 aromatic heterocycles. The summed E-state index contributed by atoms with van der Waals surface area (Å²) >= 11 is 7.53. The van der Waals surface area contributed by atoms with E-state index in [4.69, 9.17) is 11.6 Å². The van der Waals surface area contributed by atoms with Crippen LogP contribution in [0.1, 0.15) is 13.8 Å². The molecule has 0 aliphatic heterocycles. The van der Waals surface area contributed by atoms with E-state index in [-0.39, 0.29) is 11.9 Å². The van der Waals surface area contributed by atoms with Crippen LogP contribution >= 0.6 is 23.4 Å². The third kappa shape index (κ3) is 4.50. The number of benzene rings is 2. The van der Waals surface area contributed by atoms with Gasteiger partial charge >= 0.3 is 0 Å². The summed E-state index contributed by atoms with van der Waals surface area (Å²) in [6.07, 6.45) is 0. The molecule has 1 heterocycles. The van der Waals surface area contributed by atoms with E-state index in [0.29, 0.717) is 16.6 Å². The molecule has 0 bridgehead atoms. The van der Waals surface area contributed by atoms with Gasteiger partial charge < -0.3 is 5.32 Å². The highest BCUT2D eigenvalue weighted by atomic mass is 35.5. The molecule has 2 aromatic carbocycles. The third-order valence-corrected chi connectivity index (χ3v) is 4.67. The molecule has 1 amide bonds. The Bertz CT molecular complexity index is 900. The maximum atomic E-state index is 12.0. The van der Waals surface area contributed by atoms with Gasteiger partial charge in [-0.1, -0.05) is 53.7 Å². The zero-order valence-corrected chi connectivity index (χ0v) is 15.6. The molecule has 4 nitrogen and oxygen atoms in total. The normalized spacial score (nSPS) is 11.0. The van der Waals surface area contributed by atoms with Crippen LogP contribution in [0.25, 0.3) is 22.3 Å². The van der Waals surface area contributed by atoms with Crippen molar-refractivity contribution in [2.24, 2.45) is 0 Å². The summed E-state index contributed by atoms with van der Waals surface area (Å²) < 4.78 is 0. The largest absolute Gasteiger partial charge is 0.353 e. The fourth-order valence-electron chi connectivity index (χ4n) is 2.40. The predicted molar refractivity (Wildman–Crippen MR) is 104 cm³/mol. The van der Waals surface area contributed by atoms with Gasteiger partial charge in [0.15, 0.2) is 5.82 Å². The Kier molecular flexibility index (Phi) is 5.56. The van der Waals surface area contributed by atoms with Gasteiger partial charge in [0.1, 0.15) is 5.03 Å². The van der Waals surface area contributed by atoms with Crippen LogP contribution in [-0.2, 0) is 4.79 Å². The Balaban J connectivity index is 1.99. The molecular weight excluding hydrogens is 354 g/mol. The molecule has 0 radical (unpaired) electrons. The number of amides is 1. The van der Waals surface area contributed by atoms with Gasteiger partial charge in [0.05, 0.1) is 11.3 Å². The van der Waals surface area contributed by atoms with Crippen LogP contribution < -0.4 is 5.32 Å². The summed E-state index contributed by atoms with van der Waals surface area (Å²) in [6, 6.07) is 15.4. The minimum absolute atomic E-state index is 0.0185. The second-order valence-corrected chi connectivity index (χ2v) is 7.29. The number of hydrogen-bond donors (Lipinski definition) is 1. The van der Waals surface area contributed by atoms with Crippen LogP contribution in [0.4, 0.5) is 0 Å². The van der Waals surface area contributed by atoms with E-state index in [9.17, 15) is 4.79 Å². The summed E-state index contributed by atoms with van der Waals surface area (Å²) in [7, 11) is 0. The molecule has 0 aliphatic rings. The van der Waals surface area contributed by atoms with Crippen LogP contribution in [0.2, 0.25) is 5.02 Å². The molecule has 0 saturated carbocycles. The number of fused-ring (bicyclic) bond motifs is 1. The summed E-state index contributed by atoms with van der Waals surface area (Å²) in [4.78, 5) is 21.3. The van der Waals surface area contributed by atoms with Crippen molar-refractivity contribution in [3.8, 4) is 11.4 Å². The number of nitrogens with zero attached hydrogens (tertiary/aromatic N) is 2. The fourth-order valence-corrected chi connectivity index (χ4v) is 3.39. The Hall–Kier alpha value is -2.11. The van der Waals surface area contributed by atoms with Gasteiger partial charge in [-0.3, -0.25) is 4.79 Å². The van der Waals surface area contributed by atoms with Crippen LogP contribution in [0, 0.1) is 0 Å². The van der Waals surface area contributed by atoms with Gasteiger partial charge in [-0.05, 0) is 32.0 Å². The lowest BCUT2D eigenvalue weighted by molar-refractivity contribution is -0.119. The minimum Gasteiger partial charge on any atom is -0.353 e. The Morgan fingerprint density at radius 3 is 2.64 bits per heavy atom. The number of carbonyl (C=O) groups is 1. The topological polar surface area (TPSA) is 54.9 Å². The summed E-state index contributed by atoms with van der Waals surface area (Å²) in [6.45, 7) is 3.88. The molecule has 0 aliphatic carbocycles. The van der Waals surface area contributed by atoms with E-state index in [2.05, 4.69) is 15.3 Å². The smallest absolute Gasteiger partial charge is 0.230 e. The molecule has 3 aromatic rings. The first-order chi connectivity index (χ1) is 12.0. The van der Waals surface area contributed by atoms with Crippen molar-refractivity contribution in [1.29, 1.82) is 0 Å². The van der Waals surface area contributed by atoms with Crippen LogP contribution in [0.3, 0.4) is 0 Å². The van der Waals surface area contributed by atoms with Crippen molar-refractivity contribution in [1.82, 2.24) is 15.3 Å². The van der Waals surface area contributed by atoms with Gasteiger partial charge in [-0.25, -0.2) is 9.97 Å². The SMILES string of the molecule is CC(C)NC(=O)CSc1nc(-c2ccccc2)nc2ccc(Cl)cc12. The van der Waals surface area contributed by atoms with Crippen molar-refractivity contribution in [3.05, 3.63) is 53.6 Å². The zero-order valence-electron chi connectivity index (χ0n) is 14.0. The number of hydrogen-bond acceptors (Lipinski definition) is 4. The molecule has 25 heavy (non-hydrogen) atoms. The second-order valence-electron chi connectivity index (χ2n) is 5.89. The molecule has 0 fully saturated rings. The maximum absolute atomic E-state index is 12.0. The van der Waals surface area contributed by atoms with E-state index in [1.165, 1.54) is 11.8 Å². The summed E-state index contributed by atoms with van der Waals surface area (Å²) in [5.41, 5.74) is 1.75. The number of thioether (sulfide) groups is 1. The number of rotatable bonds is 5. The molecule has 6 heteroatoms. The van der Waals surface area contributed by atoms with E-state index in [0.717, 1.165) is 21.5 Å². The van der Waals surface area contributed by atoms with Crippen molar-refractivity contribution in [2.75, 3.05) is 5.75 Å². The Morgan fingerprint density at radius 1 is 1.16 bits per heavy atom. The number of nitrogens with one attached hydrogen (secondary N) is 1. The lowest BCUT2D eigenvalue weighted by atomic mass is 10.2. The highest BCUT2D eigenvalue weighted by molar-refractivity contribution is 8.00. The zero-order chi connectivity index (χ0) is 17.8. The van der Waals surface area contributed by atoms with Crippen LogP contribution in [0.5, 0.6) is 0 Å². The number of aromatic nitrogens is 2. The third-order valence-electron chi connectivity index (χ3n) is 3.44. The quantitative estimate of drug-likeness (QED) is 0.527. The highest BCUT2D eigenvalue weighted by Crippen LogP contribution is 2.30. The van der Waals surface area contributed by atoms with E-state index >= 15 is 0 Å². The predicted octanol–water partition coefficient (Wildman–Crippen LogP) is 4.57. The van der Waals surface area contributed by atoms with Crippen LogP contribution in [-0.4, -0.2) is 27.7 Å². The molecule has 0 atom stereocenters.